The molecule has 0 saturated carbocycles. The number of carboxylic acids is 1. The molecule has 1 amide bonds. The van der Waals surface area contributed by atoms with Crippen LogP contribution >= 0.6 is 23.1 Å². The van der Waals surface area contributed by atoms with E-state index in [2.05, 4.69) is 9.88 Å². The highest BCUT2D eigenvalue weighted by atomic mass is 32.2. The highest BCUT2D eigenvalue weighted by Gasteiger charge is 2.60. The van der Waals surface area contributed by atoms with Gasteiger partial charge in [-0.05, 0) is 6.92 Å². The molecule has 2 aromatic rings. The smallest absolute Gasteiger partial charge is 0.352 e. The number of β-lactam (4-membered cyclic amide) rings is 1. The average Bonchev–Trinajstić information content (AvgIpc) is 3.45. The Morgan fingerprint density at radius 2 is 2.03 bits per heavy atom. The molecule has 0 aromatic carbocycles. The SMILES string of the molecule is C[C@@H](O)[C@H]1C(=O)N2C(C(=O)O)=C(c3cn4cnc(SCC[N+]56CCN(CC5)CC6)c4s3)[C@H](C)[C@H]12. The third-order valence-corrected chi connectivity index (χ3v) is 10.5. The van der Waals surface area contributed by atoms with E-state index in [1.54, 1.807) is 36.3 Å². The molecule has 0 spiro atoms. The molecular weight excluding hydrogens is 474 g/mol. The van der Waals surface area contributed by atoms with Gasteiger partial charge in [0.05, 0.1) is 49.1 Å². The van der Waals surface area contributed by atoms with Crippen LogP contribution in [-0.4, -0.2) is 109 Å². The number of aliphatic hydroxyl groups is 1. The number of aliphatic carboxylic acids is 1. The van der Waals surface area contributed by atoms with Crippen LogP contribution in [0.2, 0.25) is 0 Å². The fourth-order valence-corrected chi connectivity index (χ4v) is 8.73. The van der Waals surface area contributed by atoms with Crippen molar-refractivity contribution in [3.63, 3.8) is 0 Å². The van der Waals surface area contributed by atoms with Crippen molar-refractivity contribution in [2.24, 2.45) is 11.8 Å². The summed E-state index contributed by atoms with van der Waals surface area (Å²) in [6.07, 6.45) is 2.93. The molecule has 2 N–H and O–H groups in total. The highest BCUT2D eigenvalue weighted by Crippen LogP contribution is 2.51. The van der Waals surface area contributed by atoms with E-state index in [1.165, 1.54) is 48.7 Å². The number of hydrogen-bond donors (Lipinski definition) is 2. The number of amides is 1. The first-order valence-electron chi connectivity index (χ1n) is 12.0. The molecule has 2 bridgehead atoms. The lowest BCUT2D eigenvalue weighted by Crippen LogP contribution is -2.67. The number of thiazole rings is 1. The Labute approximate surface area is 206 Å². The van der Waals surface area contributed by atoms with Crippen molar-refractivity contribution in [2.45, 2.75) is 31.0 Å². The predicted molar refractivity (Wildman–Crippen MR) is 129 cm³/mol. The zero-order chi connectivity index (χ0) is 23.8. The Kier molecular flexibility index (Phi) is 5.34. The molecule has 5 aliphatic rings. The molecule has 4 saturated heterocycles. The second-order valence-corrected chi connectivity index (χ2v) is 12.2. The van der Waals surface area contributed by atoms with Crippen LogP contribution in [0.4, 0.5) is 0 Å². The molecule has 2 aromatic heterocycles. The molecule has 34 heavy (non-hydrogen) atoms. The minimum Gasteiger partial charge on any atom is -0.477 e. The largest absolute Gasteiger partial charge is 0.477 e. The Balaban J connectivity index is 1.25. The van der Waals surface area contributed by atoms with Gasteiger partial charge in [0.25, 0.3) is 0 Å². The van der Waals surface area contributed by atoms with Gasteiger partial charge in [0.15, 0.2) is 0 Å². The minimum atomic E-state index is -1.09. The summed E-state index contributed by atoms with van der Waals surface area (Å²) in [6, 6.07) is -0.305. The number of aliphatic hydroxyl groups excluding tert-OH is 1. The van der Waals surface area contributed by atoms with Crippen LogP contribution < -0.4 is 0 Å². The lowest BCUT2D eigenvalue weighted by Gasteiger charge is -2.50. The van der Waals surface area contributed by atoms with E-state index in [0.717, 1.165) is 27.0 Å². The van der Waals surface area contributed by atoms with E-state index in [1.807, 2.05) is 17.5 Å². The first kappa shape index (κ1) is 22.5. The van der Waals surface area contributed by atoms with E-state index in [4.69, 9.17) is 0 Å². The van der Waals surface area contributed by atoms with Crippen molar-refractivity contribution in [1.82, 2.24) is 19.2 Å². The van der Waals surface area contributed by atoms with Crippen molar-refractivity contribution >= 4 is 45.4 Å². The first-order chi connectivity index (χ1) is 16.3. The first-order valence-corrected chi connectivity index (χ1v) is 13.8. The number of rotatable bonds is 7. The van der Waals surface area contributed by atoms with Crippen LogP contribution in [0.25, 0.3) is 10.4 Å². The van der Waals surface area contributed by atoms with E-state index in [9.17, 15) is 19.8 Å². The maximum absolute atomic E-state index is 12.6. The number of carbonyl (C=O) groups is 2. The van der Waals surface area contributed by atoms with Crippen LogP contribution in [0, 0.1) is 11.8 Å². The van der Waals surface area contributed by atoms with Crippen molar-refractivity contribution in [1.29, 1.82) is 0 Å². The molecule has 9 nitrogen and oxygen atoms in total. The minimum absolute atomic E-state index is 0.0612. The number of aromatic nitrogens is 2. The lowest BCUT2D eigenvalue weighted by atomic mass is 9.77. The molecule has 182 valence electrons. The Morgan fingerprint density at radius 3 is 2.68 bits per heavy atom. The number of fused-ring (bicyclic) bond motifs is 5. The summed E-state index contributed by atoms with van der Waals surface area (Å²) in [4.78, 5) is 35.3. The van der Waals surface area contributed by atoms with Crippen molar-refractivity contribution in [3.05, 3.63) is 23.1 Å². The normalized spacial score (nSPS) is 33.5. The zero-order valence-corrected chi connectivity index (χ0v) is 21.0. The van der Waals surface area contributed by atoms with Gasteiger partial charge in [-0.2, -0.15) is 0 Å². The Bertz CT molecular complexity index is 1180. The number of piperazine rings is 3. The molecule has 7 heterocycles. The molecule has 11 heteroatoms. The van der Waals surface area contributed by atoms with Gasteiger partial charge in [0.2, 0.25) is 5.91 Å². The summed E-state index contributed by atoms with van der Waals surface area (Å²) in [6.45, 7) is 12.1. The van der Waals surface area contributed by atoms with E-state index in [-0.39, 0.29) is 23.6 Å². The fourth-order valence-electron chi connectivity index (χ4n) is 6.30. The van der Waals surface area contributed by atoms with Crippen molar-refractivity contribution in [3.8, 4) is 0 Å². The number of nitrogens with zero attached hydrogens (tertiary/aromatic N) is 5. The number of thioether (sulfide) groups is 1. The molecule has 4 atom stereocenters. The quantitative estimate of drug-likeness (QED) is 0.333. The molecule has 0 unspecified atom stereocenters. The second kappa shape index (κ2) is 8.06. The summed E-state index contributed by atoms with van der Waals surface area (Å²) >= 11 is 3.32. The summed E-state index contributed by atoms with van der Waals surface area (Å²) in [5.74, 6) is -1.09. The van der Waals surface area contributed by atoms with Gasteiger partial charge >= 0.3 is 5.97 Å². The van der Waals surface area contributed by atoms with Gasteiger partial charge in [-0.3, -0.25) is 14.1 Å². The van der Waals surface area contributed by atoms with Gasteiger partial charge in [-0.1, -0.05) is 18.7 Å². The van der Waals surface area contributed by atoms with E-state index >= 15 is 0 Å². The molecular formula is C23H30N5O4S2+. The summed E-state index contributed by atoms with van der Waals surface area (Å²) in [5, 5.41) is 21.0. The predicted octanol–water partition coefficient (Wildman–Crippen LogP) is 1.29. The lowest BCUT2D eigenvalue weighted by molar-refractivity contribution is -0.938. The number of carboxylic acid groups (broad SMARTS) is 1. The van der Waals surface area contributed by atoms with Crippen LogP contribution in [-0.2, 0) is 9.59 Å². The fraction of sp³-hybridized carbons (Fsp3) is 0.609. The van der Waals surface area contributed by atoms with Gasteiger partial charge < -0.3 is 19.6 Å². The van der Waals surface area contributed by atoms with Gasteiger partial charge in [-0.15, -0.1) is 11.3 Å². The maximum Gasteiger partial charge on any atom is 0.352 e. The van der Waals surface area contributed by atoms with Crippen molar-refractivity contribution < 1.29 is 24.3 Å². The summed E-state index contributed by atoms with van der Waals surface area (Å²) in [5.41, 5.74) is 0.745. The van der Waals surface area contributed by atoms with Gasteiger partial charge in [0.1, 0.15) is 21.9 Å². The second-order valence-electron chi connectivity index (χ2n) is 10.1. The Hall–Kier alpha value is -1.92. The van der Waals surface area contributed by atoms with Crippen LogP contribution in [0.5, 0.6) is 0 Å². The molecule has 0 aliphatic carbocycles. The van der Waals surface area contributed by atoms with Crippen LogP contribution in [0.15, 0.2) is 23.2 Å². The van der Waals surface area contributed by atoms with Gasteiger partial charge in [0, 0.05) is 43.1 Å². The third-order valence-electron chi connectivity index (χ3n) is 8.30. The monoisotopic (exact) mass is 504 g/mol. The summed E-state index contributed by atoms with van der Waals surface area (Å²) in [7, 11) is 0. The standard InChI is InChI=1S/C23H29N5O4S2/c1-13-16(19(23(31)32)27-18(13)17(14(2)29)21(27)30)15-11-26-12-24-20(22(26)34-15)33-10-9-28-6-3-25(4-7-28)5-8-28/h11-14,17-18,29H,3-10H2,1-2H3/p+1/t13-,14+,17+,18+/m0/s1. The number of imidazole rings is 1. The van der Waals surface area contributed by atoms with Crippen LogP contribution in [0.3, 0.4) is 0 Å². The molecule has 5 aliphatic heterocycles. The molecule has 4 fully saturated rings. The molecule has 7 rings (SSSR count). The number of quaternary nitrogens is 1. The number of hydrogen-bond acceptors (Lipinski definition) is 7. The van der Waals surface area contributed by atoms with E-state index < -0.39 is 18.0 Å². The van der Waals surface area contributed by atoms with E-state index in [0.29, 0.717) is 5.57 Å². The van der Waals surface area contributed by atoms with Gasteiger partial charge in [-0.25, -0.2) is 9.78 Å². The number of carbonyl (C=O) groups excluding carboxylic acids is 1. The average molecular weight is 505 g/mol. The molecule has 0 radical (unpaired) electrons. The zero-order valence-electron chi connectivity index (χ0n) is 19.4. The van der Waals surface area contributed by atoms with Crippen molar-refractivity contribution in [2.75, 3.05) is 51.6 Å². The summed E-state index contributed by atoms with van der Waals surface area (Å²) < 4.78 is 3.19. The Morgan fingerprint density at radius 1 is 1.32 bits per heavy atom. The third kappa shape index (κ3) is 3.28. The maximum atomic E-state index is 12.6. The highest BCUT2D eigenvalue weighted by molar-refractivity contribution is 7.99. The van der Waals surface area contributed by atoms with Crippen LogP contribution in [0.1, 0.15) is 18.7 Å². The topological polar surface area (TPSA) is 98.4 Å².